The van der Waals surface area contributed by atoms with Crippen LogP contribution in [0.5, 0.6) is 0 Å². The second-order valence-electron chi connectivity index (χ2n) is 4.05. The number of hydrogen-bond acceptors (Lipinski definition) is 4. The predicted molar refractivity (Wildman–Crippen MR) is 66.8 cm³/mol. The summed E-state index contributed by atoms with van der Waals surface area (Å²) in [5.74, 6) is 1.46. The zero-order valence-corrected chi connectivity index (χ0v) is 10.2. The molecule has 6 nitrogen and oxygen atoms in total. The molecule has 0 radical (unpaired) electrons. The zero-order chi connectivity index (χ0) is 12.5. The van der Waals surface area contributed by atoms with Gasteiger partial charge in [-0.15, -0.1) is 0 Å². The number of aromatic amines is 1. The van der Waals surface area contributed by atoms with Crippen molar-refractivity contribution in [2.45, 2.75) is 6.61 Å². The third-order valence-electron chi connectivity index (χ3n) is 2.78. The van der Waals surface area contributed by atoms with Gasteiger partial charge in [-0.2, -0.15) is 5.10 Å². The maximum atomic E-state index is 5.07. The van der Waals surface area contributed by atoms with Gasteiger partial charge in [0.1, 0.15) is 12.3 Å². The molecule has 0 bridgehead atoms. The minimum Gasteiger partial charge on any atom is -0.377 e. The van der Waals surface area contributed by atoms with Crippen LogP contribution in [0.15, 0.2) is 24.5 Å². The standard InChI is InChI=1S/C12H13N5O/c1-17-10(7-18-2)15-12(16-17)9-5-8-3-4-13-11(8)14-6-9/h3-6H,7H2,1-2H3,(H,13,14). The molecule has 6 heteroatoms. The Balaban J connectivity index is 2.05. The molecule has 0 aliphatic heterocycles. The Morgan fingerprint density at radius 2 is 2.33 bits per heavy atom. The van der Waals surface area contributed by atoms with Gasteiger partial charge in [0.15, 0.2) is 11.6 Å². The van der Waals surface area contributed by atoms with Crippen molar-refractivity contribution >= 4 is 11.0 Å². The first kappa shape index (κ1) is 10.9. The first-order valence-corrected chi connectivity index (χ1v) is 5.60. The van der Waals surface area contributed by atoms with E-state index in [4.69, 9.17) is 4.74 Å². The summed E-state index contributed by atoms with van der Waals surface area (Å²) in [6.45, 7) is 0.448. The van der Waals surface area contributed by atoms with Crippen molar-refractivity contribution in [3.05, 3.63) is 30.4 Å². The van der Waals surface area contributed by atoms with Gasteiger partial charge < -0.3 is 9.72 Å². The molecule has 0 amide bonds. The molecule has 0 aromatic carbocycles. The van der Waals surface area contributed by atoms with E-state index < -0.39 is 0 Å². The van der Waals surface area contributed by atoms with Crippen molar-refractivity contribution in [1.29, 1.82) is 0 Å². The lowest BCUT2D eigenvalue weighted by Crippen LogP contribution is -2.00. The lowest BCUT2D eigenvalue weighted by atomic mass is 10.2. The summed E-state index contributed by atoms with van der Waals surface area (Å²) >= 11 is 0. The van der Waals surface area contributed by atoms with Gasteiger partial charge in [-0.3, -0.25) is 4.68 Å². The third-order valence-corrected chi connectivity index (χ3v) is 2.78. The largest absolute Gasteiger partial charge is 0.377 e. The first-order valence-electron chi connectivity index (χ1n) is 5.60. The van der Waals surface area contributed by atoms with Crippen molar-refractivity contribution in [3.63, 3.8) is 0 Å². The Morgan fingerprint density at radius 1 is 1.44 bits per heavy atom. The van der Waals surface area contributed by atoms with Gasteiger partial charge in [-0.25, -0.2) is 9.97 Å². The van der Waals surface area contributed by atoms with Crippen molar-refractivity contribution in [1.82, 2.24) is 24.7 Å². The summed E-state index contributed by atoms with van der Waals surface area (Å²) in [6, 6.07) is 4.00. The summed E-state index contributed by atoms with van der Waals surface area (Å²) in [5, 5.41) is 5.42. The smallest absolute Gasteiger partial charge is 0.183 e. The summed E-state index contributed by atoms with van der Waals surface area (Å²) in [6.07, 6.45) is 3.63. The SMILES string of the molecule is COCc1nc(-c2cnc3[nH]ccc3c2)nn1C. The number of ether oxygens (including phenoxy) is 1. The van der Waals surface area contributed by atoms with Crippen molar-refractivity contribution in [2.75, 3.05) is 7.11 Å². The average Bonchev–Trinajstić information content (AvgIpc) is 2.96. The number of methoxy groups -OCH3 is 1. The number of pyridine rings is 1. The van der Waals surface area contributed by atoms with E-state index in [1.807, 2.05) is 25.4 Å². The summed E-state index contributed by atoms with van der Waals surface area (Å²) in [7, 11) is 3.49. The van der Waals surface area contributed by atoms with E-state index in [0.29, 0.717) is 12.4 Å². The van der Waals surface area contributed by atoms with E-state index in [1.165, 1.54) is 0 Å². The lowest BCUT2D eigenvalue weighted by Gasteiger charge is -1.95. The second-order valence-corrected chi connectivity index (χ2v) is 4.05. The number of H-pyrrole nitrogens is 1. The molecule has 3 heterocycles. The van der Waals surface area contributed by atoms with Gasteiger partial charge in [0.2, 0.25) is 0 Å². The summed E-state index contributed by atoms with van der Waals surface area (Å²) in [4.78, 5) is 11.8. The fourth-order valence-corrected chi connectivity index (χ4v) is 1.86. The Kier molecular flexibility index (Phi) is 2.56. The topological polar surface area (TPSA) is 68.6 Å². The van der Waals surface area contributed by atoms with Crippen molar-refractivity contribution < 1.29 is 4.74 Å². The first-order chi connectivity index (χ1) is 8.78. The Morgan fingerprint density at radius 3 is 3.17 bits per heavy atom. The quantitative estimate of drug-likeness (QED) is 0.757. The van der Waals surface area contributed by atoms with Gasteiger partial charge in [0.05, 0.1) is 0 Å². The molecule has 0 saturated heterocycles. The molecular weight excluding hydrogens is 230 g/mol. The number of hydrogen-bond donors (Lipinski definition) is 1. The van der Waals surface area contributed by atoms with Crippen LogP contribution in [0.25, 0.3) is 22.4 Å². The molecule has 0 aliphatic rings. The Bertz CT molecular complexity index is 685. The van der Waals surface area contributed by atoms with Crippen LogP contribution in [0, 0.1) is 0 Å². The van der Waals surface area contributed by atoms with E-state index in [2.05, 4.69) is 20.1 Å². The molecule has 0 spiro atoms. The van der Waals surface area contributed by atoms with E-state index >= 15 is 0 Å². The highest BCUT2D eigenvalue weighted by Crippen LogP contribution is 2.19. The molecule has 3 aromatic rings. The molecule has 18 heavy (non-hydrogen) atoms. The minimum atomic E-state index is 0.448. The second kappa shape index (κ2) is 4.23. The van der Waals surface area contributed by atoms with Gasteiger partial charge >= 0.3 is 0 Å². The van der Waals surface area contributed by atoms with Crippen LogP contribution in [0.3, 0.4) is 0 Å². The van der Waals surface area contributed by atoms with Crippen LogP contribution >= 0.6 is 0 Å². The molecule has 0 fully saturated rings. The van der Waals surface area contributed by atoms with E-state index in [0.717, 1.165) is 22.4 Å². The van der Waals surface area contributed by atoms with Crippen LogP contribution in [0.4, 0.5) is 0 Å². The lowest BCUT2D eigenvalue weighted by molar-refractivity contribution is 0.174. The highest BCUT2D eigenvalue weighted by molar-refractivity contribution is 5.79. The molecule has 0 saturated carbocycles. The molecule has 0 unspecified atom stereocenters. The molecule has 92 valence electrons. The van der Waals surface area contributed by atoms with Crippen molar-refractivity contribution in [2.24, 2.45) is 7.05 Å². The van der Waals surface area contributed by atoms with Gasteiger partial charge in [-0.1, -0.05) is 0 Å². The summed E-state index contributed by atoms with van der Waals surface area (Å²) in [5.41, 5.74) is 1.77. The van der Waals surface area contributed by atoms with Crippen LogP contribution in [0.1, 0.15) is 5.82 Å². The van der Waals surface area contributed by atoms with Gasteiger partial charge in [0, 0.05) is 37.5 Å². The van der Waals surface area contributed by atoms with Gasteiger partial charge in [-0.05, 0) is 12.1 Å². The molecule has 1 N–H and O–H groups in total. The highest BCUT2D eigenvalue weighted by Gasteiger charge is 2.10. The Labute approximate surface area is 104 Å². The predicted octanol–water partition coefficient (Wildman–Crippen LogP) is 1.50. The van der Waals surface area contributed by atoms with Crippen LogP contribution in [0.2, 0.25) is 0 Å². The highest BCUT2D eigenvalue weighted by atomic mass is 16.5. The molecule has 3 aromatic heterocycles. The zero-order valence-electron chi connectivity index (χ0n) is 10.2. The normalized spacial score (nSPS) is 11.2. The number of aryl methyl sites for hydroxylation is 1. The minimum absolute atomic E-state index is 0.448. The summed E-state index contributed by atoms with van der Waals surface area (Å²) < 4.78 is 6.79. The third kappa shape index (κ3) is 1.76. The fourth-order valence-electron chi connectivity index (χ4n) is 1.86. The van der Waals surface area contributed by atoms with E-state index in [1.54, 1.807) is 18.0 Å². The maximum absolute atomic E-state index is 5.07. The molecule has 3 rings (SSSR count). The maximum Gasteiger partial charge on any atom is 0.183 e. The number of nitrogens with zero attached hydrogens (tertiary/aromatic N) is 4. The van der Waals surface area contributed by atoms with Crippen molar-refractivity contribution in [3.8, 4) is 11.4 Å². The number of rotatable bonds is 3. The molecular formula is C12H13N5O. The monoisotopic (exact) mass is 243 g/mol. The Hall–Kier alpha value is -2.21. The van der Waals surface area contributed by atoms with E-state index in [-0.39, 0.29) is 0 Å². The van der Waals surface area contributed by atoms with E-state index in [9.17, 15) is 0 Å². The molecule has 0 atom stereocenters. The number of nitrogens with one attached hydrogen (secondary N) is 1. The average molecular weight is 243 g/mol. The van der Waals surface area contributed by atoms with Crippen LogP contribution < -0.4 is 0 Å². The van der Waals surface area contributed by atoms with Crippen LogP contribution in [-0.4, -0.2) is 31.8 Å². The number of aromatic nitrogens is 5. The number of fused-ring (bicyclic) bond motifs is 1. The molecule has 0 aliphatic carbocycles. The van der Waals surface area contributed by atoms with Gasteiger partial charge in [0.25, 0.3) is 0 Å². The van der Waals surface area contributed by atoms with Crippen LogP contribution in [-0.2, 0) is 18.4 Å². The fraction of sp³-hybridized carbons (Fsp3) is 0.250.